The van der Waals surface area contributed by atoms with E-state index in [1.807, 2.05) is 53.2 Å². The van der Waals surface area contributed by atoms with Crippen LogP contribution in [0, 0.1) is 6.92 Å². The summed E-state index contributed by atoms with van der Waals surface area (Å²) in [6.07, 6.45) is 3.75. The van der Waals surface area contributed by atoms with Gasteiger partial charge in [-0.25, -0.2) is 0 Å². The number of rotatable bonds is 6. The van der Waals surface area contributed by atoms with Crippen LogP contribution in [0.2, 0.25) is 0 Å². The van der Waals surface area contributed by atoms with Gasteiger partial charge in [-0.1, -0.05) is 23.4 Å². The maximum atomic E-state index is 12.3. The third-order valence-electron chi connectivity index (χ3n) is 4.61. The zero-order chi connectivity index (χ0) is 20.5. The van der Waals surface area contributed by atoms with Crippen molar-refractivity contribution in [1.29, 1.82) is 0 Å². The largest absolute Gasteiger partial charge is 0.360 e. The predicted molar refractivity (Wildman–Crippen MR) is 112 cm³/mol. The van der Waals surface area contributed by atoms with Crippen LogP contribution in [0.15, 0.2) is 58.2 Å². The number of aromatic nitrogens is 6. The summed E-state index contributed by atoms with van der Waals surface area (Å²) in [5, 5.41) is 16.2. The second-order valence-electron chi connectivity index (χ2n) is 6.67. The Labute approximate surface area is 174 Å². The number of nitrogens with zero attached hydrogens (tertiary/aromatic N) is 5. The standard InChI is InChI=1S/C20H17N7O2S/c1-12-23-20(29-26-12)13-6-7-27-17(8-13)24-25-18(27)10-22-19(28)11-30-16-9-21-15-5-3-2-4-14(15)16/h2-9,21H,10-11H2,1H3,(H,22,28). The lowest BCUT2D eigenvalue weighted by atomic mass is 10.2. The average Bonchev–Trinajstić information content (AvgIpc) is 3.48. The number of pyridine rings is 1. The molecule has 10 heteroatoms. The fraction of sp³-hybridized carbons (Fsp3) is 0.150. The number of aromatic amines is 1. The number of H-pyrrole nitrogens is 1. The lowest BCUT2D eigenvalue weighted by Crippen LogP contribution is -2.25. The summed E-state index contributed by atoms with van der Waals surface area (Å²) in [7, 11) is 0. The first-order chi connectivity index (χ1) is 14.7. The average molecular weight is 419 g/mol. The second kappa shape index (κ2) is 7.64. The molecule has 0 fully saturated rings. The number of para-hydroxylation sites is 1. The lowest BCUT2D eigenvalue weighted by Gasteiger charge is -2.04. The molecule has 0 bridgehead atoms. The molecule has 0 radical (unpaired) electrons. The molecule has 9 nitrogen and oxygen atoms in total. The molecule has 5 rings (SSSR count). The molecule has 0 saturated heterocycles. The van der Waals surface area contributed by atoms with Crippen molar-refractivity contribution in [3.05, 3.63) is 60.4 Å². The Morgan fingerprint density at radius 2 is 2.17 bits per heavy atom. The van der Waals surface area contributed by atoms with Gasteiger partial charge < -0.3 is 14.8 Å². The van der Waals surface area contributed by atoms with E-state index in [0.29, 0.717) is 28.9 Å². The molecule has 0 aliphatic heterocycles. The maximum absolute atomic E-state index is 12.3. The molecular formula is C20H17N7O2S. The minimum absolute atomic E-state index is 0.0695. The van der Waals surface area contributed by atoms with Crippen LogP contribution in [-0.2, 0) is 11.3 Å². The Bertz CT molecular complexity index is 1350. The van der Waals surface area contributed by atoms with Crippen molar-refractivity contribution in [2.45, 2.75) is 18.4 Å². The number of thioether (sulfide) groups is 1. The molecule has 0 saturated carbocycles. The first kappa shape index (κ1) is 18.4. The monoisotopic (exact) mass is 419 g/mol. The predicted octanol–water partition coefficient (Wildman–Crippen LogP) is 2.98. The van der Waals surface area contributed by atoms with Gasteiger partial charge in [-0.05, 0) is 25.1 Å². The Kier molecular flexibility index (Phi) is 4.68. The van der Waals surface area contributed by atoms with Gasteiger partial charge in [-0.3, -0.25) is 9.20 Å². The van der Waals surface area contributed by atoms with Gasteiger partial charge in [0.2, 0.25) is 5.91 Å². The number of fused-ring (bicyclic) bond motifs is 2. The molecule has 2 N–H and O–H groups in total. The second-order valence-corrected chi connectivity index (χ2v) is 7.69. The number of amides is 1. The minimum Gasteiger partial charge on any atom is -0.360 e. The molecule has 5 aromatic rings. The summed E-state index contributed by atoms with van der Waals surface area (Å²) < 4.78 is 7.01. The van der Waals surface area contributed by atoms with E-state index in [1.54, 1.807) is 6.92 Å². The van der Waals surface area contributed by atoms with E-state index in [0.717, 1.165) is 21.4 Å². The van der Waals surface area contributed by atoms with Crippen LogP contribution in [0.3, 0.4) is 0 Å². The van der Waals surface area contributed by atoms with Crippen molar-refractivity contribution in [2.24, 2.45) is 0 Å². The highest BCUT2D eigenvalue weighted by atomic mass is 32.2. The number of aryl methyl sites for hydroxylation is 1. The Morgan fingerprint density at radius 3 is 3.03 bits per heavy atom. The molecule has 30 heavy (non-hydrogen) atoms. The summed E-state index contributed by atoms with van der Waals surface area (Å²) in [5.74, 6) is 1.89. The van der Waals surface area contributed by atoms with Gasteiger partial charge in [0.25, 0.3) is 5.89 Å². The summed E-state index contributed by atoms with van der Waals surface area (Å²) in [4.78, 5) is 20.8. The van der Waals surface area contributed by atoms with Crippen LogP contribution in [0.25, 0.3) is 28.0 Å². The summed E-state index contributed by atoms with van der Waals surface area (Å²) in [6.45, 7) is 2.05. The van der Waals surface area contributed by atoms with E-state index < -0.39 is 0 Å². The van der Waals surface area contributed by atoms with Crippen molar-refractivity contribution in [2.75, 3.05) is 5.75 Å². The van der Waals surface area contributed by atoms with Crippen LogP contribution < -0.4 is 5.32 Å². The molecule has 0 aliphatic carbocycles. The molecule has 0 unspecified atom stereocenters. The van der Waals surface area contributed by atoms with Crippen LogP contribution in [0.1, 0.15) is 11.6 Å². The third kappa shape index (κ3) is 3.52. The van der Waals surface area contributed by atoms with Gasteiger partial charge >= 0.3 is 0 Å². The number of hydrogen-bond donors (Lipinski definition) is 2. The first-order valence-corrected chi connectivity index (χ1v) is 10.3. The Morgan fingerprint density at radius 1 is 1.27 bits per heavy atom. The molecule has 0 atom stereocenters. The van der Waals surface area contributed by atoms with E-state index in [1.165, 1.54) is 11.8 Å². The quantitative estimate of drug-likeness (QED) is 0.407. The van der Waals surface area contributed by atoms with E-state index in [9.17, 15) is 4.79 Å². The SMILES string of the molecule is Cc1noc(-c2ccn3c(CNC(=O)CSc4c[nH]c5ccccc45)nnc3c2)n1. The molecule has 1 aromatic carbocycles. The van der Waals surface area contributed by atoms with Crippen LogP contribution in [0.5, 0.6) is 0 Å². The smallest absolute Gasteiger partial charge is 0.258 e. The number of carbonyl (C=O) groups is 1. The topological polar surface area (TPSA) is 114 Å². The van der Waals surface area contributed by atoms with Gasteiger partial charge in [-0.2, -0.15) is 4.98 Å². The van der Waals surface area contributed by atoms with Gasteiger partial charge in [0.15, 0.2) is 17.3 Å². The lowest BCUT2D eigenvalue weighted by molar-refractivity contribution is -0.118. The molecular weight excluding hydrogens is 402 g/mol. The van der Waals surface area contributed by atoms with Crippen molar-refractivity contribution < 1.29 is 9.32 Å². The molecule has 4 heterocycles. The molecule has 4 aromatic heterocycles. The number of hydrogen-bond acceptors (Lipinski definition) is 7. The van der Waals surface area contributed by atoms with E-state index in [4.69, 9.17) is 4.52 Å². The van der Waals surface area contributed by atoms with Gasteiger partial charge in [0.1, 0.15) is 0 Å². The van der Waals surface area contributed by atoms with Gasteiger partial charge in [0.05, 0.1) is 12.3 Å². The van der Waals surface area contributed by atoms with Crippen LogP contribution in [-0.4, -0.2) is 41.4 Å². The van der Waals surface area contributed by atoms with E-state index in [-0.39, 0.29) is 12.5 Å². The van der Waals surface area contributed by atoms with E-state index >= 15 is 0 Å². The van der Waals surface area contributed by atoms with Crippen LogP contribution >= 0.6 is 11.8 Å². The maximum Gasteiger partial charge on any atom is 0.258 e. The highest BCUT2D eigenvalue weighted by molar-refractivity contribution is 8.00. The summed E-state index contributed by atoms with van der Waals surface area (Å²) >= 11 is 1.50. The van der Waals surface area contributed by atoms with Crippen molar-refractivity contribution in [3.63, 3.8) is 0 Å². The van der Waals surface area contributed by atoms with Gasteiger partial charge in [-0.15, -0.1) is 22.0 Å². The zero-order valence-corrected chi connectivity index (χ0v) is 16.8. The molecule has 0 aliphatic rings. The Hall–Kier alpha value is -3.66. The number of nitrogens with one attached hydrogen (secondary N) is 2. The van der Waals surface area contributed by atoms with E-state index in [2.05, 4.69) is 30.6 Å². The number of carbonyl (C=O) groups excluding carboxylic acids is 1. The highest BCUT2D eigenvalue weighted by Gasteiger charge is 2.12. The summed E-state index contributed by atoms with van der Waals surface area (Å²) in [6, 6.07) is 11.7. The first-order valence-electron chi connectivity index (χ1n) is 9.27. The zero-order valence-electron chi connectivity index (χ0n) is 16.0. The van der Waals surface area contributed by atoms with Gasteiger partial charge in [0, 0.05) is 33.8 Å². The highest BCUT2D eigenvalue weighted by Crippen LogP contribution is 2.27. The summed E-state index contributed by atoms with van der Waals surface area (Å²) in [5.41, 5.74) is 2.47. The molecule has 150 valence electrons. The van der Waals surface area contributed by atoms with Crippen LogP contribution in [0.4, 0.5) is 0 Å². The van der Waals surface area contributed by atoms with Crippen molar-refractivity contribution in [3.8, 4) is 11.5 Å². The molecule has 0 spiro atoms. The molecule has 1 amide bonds. The fourth-order valence-electron chi connectivity index (χ4n) is 3.14. The van der Waals surface area contributed by atoms with Crippen molar-refractivity contribution in [1.82, 2.24) is 35.0 Å². The normalized spacial score (nSPS) is 11.4. The minimum atomic E-state index is -0.0695. The van der Waals surface area contributed by atoms with Crippen molar-refractivity contribution >= 4 is 34.2 Å². The number of benzene rings is 1. The third-order valence-corrected chi connectivity index (χ3v) is 5.66. The Balaban J connectivity index is 1.23. The fourth-order valence-corrected chi connectivity index (χ4v) is 4.01.